The Labute approximate surface area is 85.9 Å². The standard InChI is InChI=1S/C9H11NO5/c1-15-9-5-7(10(13)14)6(2-3-11)4-8(9)12/h4-5,11-12H,2-3H2,1H3. The highest BCUT2D eigenvalue weighted by Crippen LogP contribution is 2.33. The zero-order chi connectivity index (χ0) is 11.4. The molecule has 0 unspecified atom stereocenters. The summed E-state index contributed by atoms with van der Waals surface area (Å²) in [6.07, 6.45) is 0.119. The van der Waals surface area contributed by atoms with E-state index < -0.39 is 4.92 Å². The van der Waals surface area contributed by atoms with Crippen molar-refractivity contribution in [2.24, 2.45) is 0 Å². The first kappa shape index (κ1) is 11.3. The molecule has 0 spiro atoms. The van der Waals surface area contributed by atoms with Crippen LogP contribution in [-0.2, 0) is 6.42 Å². The highest BCUT2D eigenvalue weighted by atomic mass is 16.6. The van der Waals surface area contributed by atoms with Crippen LogP contribution < -0.4 is 4.74 Å². The van der Waals surface area contributed by atoms with Crippen LogP contribution in [0.1, 0.15) is 5.56 Å². The number of hydrogen-bond acceptors (Lipinski definition) is 5. The molecule has 1 aromatic rings. The Balaban J connectivity index is 3.25. The average Bonchev–Trinajstić information content (AvgIpc) is 2.18. The van der Waals surface area contributed by atoms with Crippen LogP contribution in [0.5, 0.6) is 11.5 Å². The summed E-state index contributed by atoms with van der Waals surface area (Å²) in [6.45, 7) is -0.216. The lowest BCUT2D eigenvalue weighted by molar-refractivity contribution is -0.385. The van der Waals surface area contributed by atoms with E-state index in [0.29, 0.717) is 0 Å². The second kappa shape index (κ2) is 4.61. The summed E-state index contributed by atoms with van der Waals surface area (Å²) < 4.78 is 4.75. The molecule has 0 aliphatic heterocycles. The van der Waals surface area contributed by atoms with Gasteiger partial charge in [-0.1, -0.05) is 0 Å². The van der Waals surface area contributed by atoms with E-state index in [9.17, 15) is 15.2 Å². The maximum atomic E-state index is 10.7. The summed E-state index contributed by atoms with van der Waals surface area (Å²) in [5.41, 5.74) is 0.111. The van der Waals surface area contributed by atoms with Gasteiger partial charge in [-0.05, 0) is 6.07 Å². The van der Waals surface area contributed by atoms with Crippen LogP contribution >= 0.6 is 0 Å². The monoisotopic (exact) mass is 213 g/mol. The maximum Gasteiger partial charge on any atom is 0.276 e. The van der Waals surface area contributed by atoms with E-state index >= 15 is 0 Å². The van der Waals surface area contributed by atoms with Crippen LogP contribution in [0, 0.1) is 10.1 Å². The molecule has 0 atom stereocenters. The van der Waals surface area contributed by atoms with E-state index in [1.165, 1.54) is 13.2 Å². The first-order valence-electron chi connectivity index (χ1n) is 4.25. The maximum absolute atomic E-state index is 10.7. The summed E-state index contributed by atoms with van der Waals surface area (Å²) in [4.78, 5) is 10.1. The van der Waals surface area contributed by atoms with Crippen LogP contribution in [0.2, 0.25) is 0 Å². The Morgan fingerprint density at radius 1 is 1.53 bits per heavy atom. The van der Waals surface area contributed by atoms with Gasteiger partial charge in [-0.15, -0.1) is 0 Å². The van der Waals surface area contributed by atoms with Crippen molar-refractivity contribution in [1.82, 2.24) is 0 Å². The third kappa shape index (κ3) is 2.35. The van der Waals surface area contributed by atoms with Gasteiger partial charge in [0.2, 0.25) is 0 Å². The molecule has 1 rings (SSSR count). The number of aliphatic hydroxyl groups excluding tert-OH is 1. The second-order valence-electron chi connectivity index (χ2n) is 2.88. The van der Waals surface area contributed by atoms with E-state index in [2.05, 4.69) is 0 Å². The van der Waals surface area contributed by atoms with Crippen LogP contribution in [0.25, 0.3) is 0 Å². The number of nitro benzene ring substituents is 1. The van der Waals surface area contributed by atoms with Gasteiger partial charge in [0.1, 0.15) is 0 Å². The topological polar surface area (TPSA) is 92.8 Å². The molecule has 6 heteroatoms. The molecule has 82 valence electrons. The molecule has 0 aromatic heterocycles. The Kier molecular flexibility index (Phi) is 3.46. The van der Waals surface area contributed by atoms with Crippen molar-refractivity contribution in [3.05, 3.63) is 27.8 Å². The van der Waals surface area contributed by atoms with E-state index in [4.69, 9.17) is 9.84 Å². The summed E-state index contributed by atoms with van der Waals surface area (Å²) in [6, 6.07) is 2.37. The molecule has 0 radical (unpaired) electrons. The normalized spacial score (nSPS) is 10.0. The fourth-order valence-electron chi connectivity index (χ4n) is 1.26. The van der Waals surface area contributed by atoms with Crippen LogP contribution in [0.4, 0.5) is 5.69 Å². The van der Waals surface area contributed by atoms with Gasteiger partial charge in [-0.2, -0.15) is 0 Å². The summed E-state index contributed by atoms with van der Waals surface area (Å²) in [5.74, 6) is -0.130. The molecule has 6 nitrogen and oxygen atoms in total. The van der Waals surface area contributed by atoms with Gasteiger partial charge in [-0.25, -0.2) is 0 Å². The van der Waals surface area contributed by atoms with E-state index in [1.54, 1.807) is 0 Å². The number of phenolic OH excluding ortho intramolecular Hbond substituents is 1. The number of nitrogens with zero attached hydrogens (tertiary/aromatic N) is 1. The minimum Gasteiger partial charge on any atom is -0.504 e. The zero-order valence-electron chi connectivity index (χ0n) is 8.14. The second-order valence-corrected chi connectivity index (χ2v) is 2.88. The number of phenols is 1. The molecule has 0 heterocycles. The highest BCUT2D eigenvalue weighted by Gasteiger charge is 2.17. The van der Waals surface area contributed by atoms with Gasteiger partial charge >= 0.3 is 0 Å². The Hall–Kier alpha value is -1.82. The van der Waals surface area contributed by atoms with Crippen molar-refractivity contribution in [3.63, 3.8) is 0 Å². The minimum atomic E-state index is -0.576. The summed E-state index contributed by atoms with van der Waals surface area (Å²) in [7, 11) is 1.31. The van der Waals surface area contributed by atoms with Gasteiger partial charge in [0.05, 0.1) is 18.1 Å². The van der Waals surface area contributed by atoms with Crippen molar-refractivity contribution >= 4 is 5.69 Å². The number of hydrogen-bond donors (Lipinski definition) is 2. The molecular formula is C9H11NO5. The Morgan fingerprint density at radius 2 is 2.20 bits per heavy atom. The number of methoxy groups -OCH3 is 1. The number of ether oxygens (including phenoxy) is 1. The van der Waals surface area contributed by atoms with Crippen molar-refractivity contribution in [3.8, 4) is 11.5 Å². The van der Waals surface area contributed by atoms with Crippen molar-refractivity contribution in [2.45, 2.75) is 6.42 Å². The number of aromatic hydroxyl groups is 1. The van der Waals surface area contributed by atoms with E-state index in [0.717, 1.165) is 6.07 Å². The molecule has 2 N–H and O–H groups in total. The average molecular weight is 213 g/mol. The van der Waals surface area contributed by atoms with Crippen molar-refractivity contribution < 1.29 is 19.9 Å². The Bertz CT molecular complexity index is 377. The van der Waals surface area contributed by atoms with Crippen molar-refractivity contribution in [2.75, 3.05) is 13.7 Å². The van der Waals surface area contributed by atoms with E-state index in [-0.39, 0.29) is 35.8 Å². The molecule has 15 heavy (non-hydrogen) atoms. The van der Waals surface area contributed by atoms with Gasteiger partial charge < -0.3 is 14.9 Å². The predicted octanol–water partition coefficient (Wildman–Crippen LogP) is 0.844. The third-order valence-corrected chi connectivity index (χ3v) is 1.96. The lowest BCUT2D eigenvalue weighted by Gasteiger charge is -2.06. The Morgan fingerprint density at radius 3 is 2.67 bits per heavy atom. The van der Waals surface area contributed by atoms with Gasteiger partial charge in [0, 0.05) is 18.6 Å². The molecule has 0 bridgehead atoms. The molecule has 0 saturated carbocycles. The molecule has 1 aromatic carbocycles. The predicted molar refractivity (Wildman–Crippen MR) is 52.1 cm³/mol. The van der Waals surface area contributed by atoms with Gasteiger partial charge in [-0.3, -0.25) is 10.1 Å². The molecular weight excluding hydrogens is 202 g/mol. The number of rotatable bonds is 4. The van der Waals surface area contributed by atoms with Crippen LogP contribution in [0.15, 0.2) is 12.1 Å². The lowest BCUT2D eigenvalue weighted by atomic mass is 10.1. The first-order chi connectivity index (χ1) is 7.10. The molecule has 0 saturated heterocycles. The number of nitro groups is 1. The first-order valence-corrected chi connectivity index (χ1v) is 4.25. The fourth-order valence-corrected chi connectivity index (χ4v) is 1.26. The quantitative estimate of drug-likeness (QED) is 0.571. The molecule has 0 fully saturated rings. The number of benzene rings is 1. The molecule has 0 amide bonds. The highest BCUT2D eigenvalue weighted by molar-refractivity contribution is 5.53. The molecule has 0 aliphatic carbocycles. The van der Waals surface area contributed by atoms with Gasteiger partial charge in [0.25, 0.3) is 5.69 Å². The zero-order valence-corrected chi connectivity index (χ0v) is 8.14. The summed E-state index contributed by atoms with van der Waals surface area (Å²) >= 11 is 0. The lowest BCUT2D eigenvalue weighted by Crippen LogP contribution is -1.99. The SMILES string of the molecule is COc1cc([N+](=O)[O-])c(CCO)cc1O. The largest absolute Gasteiger partial charge is 0.504 e. The fraction of sp³-hybridized carbons (Fsp3) is 0.333. The summed E-state index contributed by atoms with van der Waals surface area (Å²) in [5, 5.41) is 28.8. The van der Waals surface area contributed by atoms with E-state index in [1.807, 2.05) is 0 Å². The van der Waals surface area contributed by atoms with Crippen LogP contribution in [-0.4, -0.2) is 28.9 Å². The smallest absolute Gasteiger partial charge is 0.276 e. The number of aliphatic hydroxyl groups is 1. The van der Waals surface area contributed by atoms with Gasteiger partial charge in [0.15, 0.2) is 11.5 Å². The minimum absolute atomic E-state index is 0.0448. The third-order valence-electron chi connectivity index (χ3n) is 1.96. The molecule has 0 aliphatic rings. The van der Waals surface area contributed by atoms with Crippen molar-refractivity contribution in [1.29, 1.82) is 0 Å². The van der Waals surface area contributed by atoms with Crippen LogP contribution in [0.3, 0.4) is 0 Å².